The Morgan fingerprint density at radius 2 is 1.60 bits per heavy atom. The molecule has 0 saturated heterocycles. The molecule has 1 aliphatic carbocycles. The first-order valence-electron chi connectivity index (χ1n) is 10.4. The zero-order valence-electron chi connectivity index (χ0n) is 16.8. The molecule has 1 saturated carbocycles. The Kier molecular flexibility index (Phi) is 6.32. The highest BCUT2D eigenvalue weighted by Crippen LogP contribution is 2.21. The predicted octanol–water partition coefficient (Wildman–Crippen LogP) is 5.48. The van der Waals surface area contributed by atoms with Crippen molar-refractivity contribution in [1.29, 1.82) is 0 Å². The highest BCUT2D eigenvalue weighted by atomic mass is 19.1. The number of hydrogen-bond acceptors (Lipinski definition) is 4. The molecule has 1 amide bonds. The van der Waals surface area contributed by atoms with E-state index >= 15 is 0 Å². The van der Waals surface area contributed by atoms with Gasteiger partial charge in [-0.15, -0.1) is 0 Å². The van der Waals surface area contributed by atoms with Gasteiger partial charge in [0.2, 0.25) is 0 Å². The number of carbonyl (C=O) groups is 1. The number of aromatic nitrogens is 2. The van der Waals surface area contributed by atoms with Crippen LogP contribution in [0.25, 0.3) is 11.4 Å². The van der Waals surface area contributed by atoms with Crippen molar-refractivity contribution in [1.82, 2.24) is 15.3 Å². The maximum absolute atomic E-state index is 13.1. The topological polar surface area (TPSA) is 66.9 Å². The van der Waals surface area contributed by atoms with Gasteiger partial charge in [-0.3, -0.25) is 4.79 Å². The number of nitrogens with zero attached hydrogens (tertiary/aromatic N) is 2. The van der Waals surface area contributed by atoms with E-state index in [-0.39, 0.29) is 17.8 Å². The summed E-state index contributed by atoms with van der Waals surface area (Å²) in [7, 11) is 0. The zero-order chi connectivity index (χ0) is 20.8. The van der Waals surface area contributed by atoms with E-state index in [0.717, 1.165) is 24.1 Å². The average molecular weight is 404 g/mol. The smallest absolute Gasteiger partial charge is 0.251 e. The molecule has 2 N–H and O–H groups in total. The van der Waals surface area contributed by atoms with Crippen LogP contribution in [0.5, 0.6) is 0 Å². The molecule has 5 nitrogen and oxygen atoms in total. The molecule has 0 atom stereocenters. The van der Waals surface area contributed by atoms with Gasteiger partial charge in [0, 0.05) is 29.1 Å². The van der Waals surface area contributed by atoms with Gasteiger partial charge in [0.1, 0.15) is 11.6 Å². The van der Waals surface area contributed by atoms with Gasteiger partial charge in [0.25, 0.3) is 5.91 Å². The fourth-order valence-corrected chi connectivity index (χ4v) is 3.71. The van der Waals surface area contributed by atoms with Crippen LogP contribution in [-0.2, 0) is 0 Å². The molecule has 2 aromatic carbocycles. The van der Waals surface area contributed by atoms with Crippen LogP contribution in [0.1, 0.15) is 48.9 Å². The van der Waals surface area contributed by atoms with Crippen molar-refractivity contribution in [2.45, 2.75) is 44.6 Å². The molecule has 154 valence electrons. The third-order valence-corrected chi connectivity index (χ3v) is 5.37. The van der Waals surface area contributed by atoms with Crippen molar-refractivity contribution in [2.24, 2.45) is 0 Å². The van der Waals surface area contributed by atoms with Gasteiger partial charge in [-0.25, -0.2) is 14.4 Å². The monoisotopic (exact) mass is 404 g/mol. The van der Waals surface area contributed by atoms with E-state index in [1.54, 1.807) is 24.4 Å². The minimum atomic E-state index is -0.295. The van der Waals surface area contributed by atoms with Crippen molar-refractivity contribution < 1.29 is 9.18 Å². The van der Waals surface area contributed by atoms with Crippen molar-refractivity contribution in [3.05, 3.63) is 72.2 Å². The summed E-state index contributed by atoms with van der Waals surface area (Å²) in [5, 5.41) is 6.39. The molecule has 0 aliphatic heterocycles. The van der Waals surface area contributed by atoms with Crippen LogP contribution in [0, 0.1) is 5.82 Å². The highest BCUT2D eigenvalue weighted by molar-refractivity contribution is 5.94. The first-order chi connectivity index (χ1) is 14.7. The van der Waals surface area contributed by atoms with Crippen molar-refractivity contribution in [3.63, 3.8) is 0 Å². The minimum absolute atomic E-state index is 0.0194. The van der Waals surface area contributed by atoms with E-state index in [0.29, 0.717) is 17.2 Å². The third kappa shape index (κ3) is 5.20. The minimum Gasteiger partial charge on any atom is -0.349 e. The molecule has 6 heteroatoms. The van der Waals surface area contributed by atoms with Crippen LogP contribution in [0.2, 0.25) is 0 Å². The number of rotatable bonds is 5. The maximum Gasteiger partial charge on any atom is 0.251 e. The summed E-state index contributed by atoms with van der Waals surface area (Å²) < 4.78 is 13.1. The number of hydrogen-bond donors (Lipinski definition) is 2. The molecule has 3 aromatic rings. The van der Waals surface area contributed by atoms with Crippen LogP contribution >= 0.6 is 0 Å². The first kappa shape index (κ1) is 20.0. The van der Waals surface area contributed by atoms with Gasteiger partial charge in [-0.1, -0.05) is 25.7 Å². The lowest BCUT2D eigenvalue weighted by Gasteiger charge is -2.16. The van der Waals surface area contributed by atoms with Gasteiger partial charge in [-0.05, 0) is 67.4 Å². The second-order valence-electron chi connectivity index (χ2n) is 7.64. The zero-order valence-corrected chi connectivity index (χ0v) is 16.8. The summed E-state index contributed by atoms with van der Waals surface area (Å²) in [4.78, 5) is 21.3. The first-order valence-corrected chi connectivity index (χ1v) is 10.4. The lowest BCUT2D eigenvalue weighted by Crippen LogP contribution is -2.34. The van der Waals surface area contributed by atoms with Crippen molar-refractivity contribution in [3.8, 4) is 11.4 Å². The number of carbonyl (C=O) groups excluding carboxylic acids is 1. The Hall–Kier alpha value is -3.28. The summed E-state index contributed by atoms with van der Waals surface area (Å²) >= 11 is 0. The molecule has 1 aliphatic rings. The lowest BCUT2D eigenvalue weighted by atomic mass is 10.1. The number of anilines is 2. The summed E-state index contributed by atoms with van der Waals surface area (Å²) in [5.74, 6) is 0.824. The van der Waals surface area contributed by atoms with Gasteiger partial charge in [0.15, 0.2) is 5.82 Å². The average Bonchev–Trinajstić information content (AvgIpc) is 3.04. The van der Waals surface area contributed by atoms with E-state index < -0.39 is 0 Å². The third-order valence-electron chi connectivity index (χ3n) is 5.37. The predicted molar refractivity (Wildman–Crippen MR) is 116 cm³/mol. The fraction of sp³-hybridized carbons (Fsp3) is 0.292. The van der Waals surface area contributed by atoms with E-state index in [4.69, 9.17) is 0 Å². The molecule has 1 aromatic heterocycles. The Morgan fingerprint density at radius 3 is 2.30 bits per heavy atom. The molecule has 0 bridgehead atoms. The summed E-state index contributed by atoms with van der Waals surface area (Å²) in [6, 6.07) is 15.5. The van der Waals surface area contributed by atoms with E-state index in [9.17, 15) is 9.18 Å². The maximum atomic E-state index is 13.1. The van der Waals surface area contributed by atoms with Gasteiger partial charge >= 0.3 is 0 Å². The molecular weight excluding hydrogens is 379 g/mol. The van der Waals surface area contributed by atoms with Crippen LogP contribution in [0.3, 0.4) is 0 Å². The Morgan fingerprint density at radius 1 is 0.900 bits per heavy atom. The van der Waals surface area contributed by atoms with Crippen LogP contribution in [0.4, 0.5) is 15.9 Å². The Labute approximate surface area is 175 Å². The second-order valence-corrected chi connectivity index (χ2v) is 7.64. The van der Waals surface area contributed by atoms with E-state index in [1.807, 2.05) is 24.3 Å². The number of amides is 1. The number of benzene rings is 2. The molecule has 1 fully saturated rings. The number of nitrogens with one attached hydrogen (secondary N) is 2. The van der Waals surface area contributed by atoms with Gasteiger partial charge < -0.3 is 10.6 Å². The molecule has 0 radical (unpaired) electrons. The fourth-order valence-electron chi connectivity index (χ4n) is 3.71. The summed E-state index contributed by atoms with van der Waals surface area (Å²) in [6.45, 7) is 0. The molecule has 4 rings (SSSR count). The number of halogens is 1. The highest BCUT2D eigenvalue weighted by Gasteiger charge is 2.15. The summed E-state index contributed by atoms with van der Waals surface area (Å²) in [6.07, 6.45) is 8.68. The van der Waals surface area contributed by atoms with E-state index in [1.165, 1.54) is 37.8 Å². The van der Waals surface area contributed by atoms with Crippen molar-refractivity contribution >= 4 is 17.4 Å². The summed E-state index contributed by atoms with van der Waals surface area (Å²) in [5.41, 5.74) is 2.22. The second kappa shape index (κ2) is 9.48. The lowest BCUT2D eigenvalue weighted by molar-refractivity contribution is 0.0933. The molecule has 1 heterocycles. The molecule has 0 unspecified atom stereocenters. The Balaban J connectivity index is 1.40. The standard InChI is InChI=1S/C24H25FN4O/c25-19-11-7-17(8-12-19)23-26-16-15-22(29-23)27-21-13-9-18(10-14-21)24(30)28-20-5-3-1-2-4-6-20/h7-16,20H,1-6H2,(H,28,30)(H,26,27,29). The largest absolute Gasteiger partial charge is 0.349 e. The quantitative estimate of drug-likeness (QED) is 0.553. The molecule has 30 heavy (non-hydrogen) atoms. The van der Waals surface area contributed by atoms with Crippen LogP contribution < -0.4 is 10.6 Å². The van der Waals surface area contributed by atoms with E-state index in [2.05, 4.69) is 20.6 Å². The normalized spacial score (nSPS) is 14.7. The van der Waals surface area contributed by atoms with Crippen LogP contribution in [0.15, 0.2) is 60.8 Å². The SMILES string of the molecule is O=C(NC1CCCCCC1)c1ccc(Nc2ccnc(-c3ccc(F)cc3)n2)cc1. The van der Waals surface area contributed by atoms with Crippen LogP contribution in [-0.4, -0.2) is 21.9 Å². The molecule has 0 spiro atoms. The van der Waals surface area contributed by atoms with Gasteiger partial charge in [0.05, 0.1) is 0 Å². The van der Waals surface area contributed by atoms with Crippen molar-refractivity contribution in [2.75, 3.05) is 5.32 Å². The molecular formula is C24H25FN4O. The van der Waals surface area contributed by atoms with Gasteiger partial charge in [-0.2, -0.15) is 0 Å². The Bertz CT molecular complexity index is 981.